The molecule has 2 aliphatic heterocycles. The van der Waals surface area contributed by atoms with Crippen LogP contribution in [-0.2, 0) is 14.3 Å². The number of hydrogen-bond acceptors (Lipinski definition) is 9. The lowest BCUT2D eigenvalue weighted by atomic mass is 9.96. The molecule has 2 aliphatic rings. The van der Waals surface area contributed by atoms with Crippen molar-refractivity contribution in [1.82, 2.24) is 9.97 Å². The smallest absolute Gasteiger partial charge is 0.305 e. The second kappa shape index (κ2) is 13.5. The Kier molecular flexibility index (Phi) is 10.1. The van der Waals surface area contributed by atoms with Gasteiger partial charge in [-0.05, 0) is 12.5 Å². The largest absolute Gasteiger partial charge is 0.481 e. The van der Waals surface area contributed by atoms with E-state index < -0.39 is 5.97 Å². The van der Waals surface area contributed by atoms with E-state index in [1.807, 2.05) is 18.2 Å². The minimum atomic E-state index is -0.823. The molecule has 2 aromatic heterocycles. The number of halogens is 1. The van der Waals surface area contributed by atoms with E-state index in [1.54, 1.807) is 26.6 Å². The van der Waals surface area contributed by atoms with Crippen LogP contribution in [0, 0.1) is 11.8 Å². The zero-order valence-electron chi connectivity index (χ0n) is 23.1. The topological polar surface area (TPSA) is 106 Å². The highest BCUT2D eigenvalue weighted by Gasteiger charge is 2.41. The summed E-state index contributed by atoms with van der Waals surface area (Å²) < 4.78 is 22.8. The molecule has 0 bridgehead atoms. The van der Waals surface area contributed by atoms with E-state index in [1.165, 1.54) is 0 Å². The molecule has 2 fully saturated rings. The molecule has 4 heterocycles. The highest BCUT2D eigenvalue weighted by Crippen LogP contribution is 2.35. The van der Waals surface area contributed by atoms with Crippen molar-refractivity contribution in [3.63, 3.8) is 0 Å². The zero-order chi connectivity index (χ0) is 27.9. The van der Waals surface area contributed by atoms with Crippen LogP contribution in [0.4, 0.5) is 11.4 Å². The number of methoxy groups -OCH3 is 2. The maximum atomic E-state index is 11.6. The molecular formula is C28H39ClN4O6. The molecule has 2 aromatic rings. The second-order valence-electron chi connectivity index (χ2n) is 10.3. The molecule has 10 nitrogen and oxygen atoms in total. The molecular weight excluding hydrogens is 524 g/mol. The lowest BCUT2D eigenvalue weighted by Crippen LogP contribution is -2.44. The van der Waals surface area contributed by atoms with E-state index in [2.05, 4.69) is 33.6 Å². The number of rotatable bonds is 12. The van der Waals surface area contributed by atoms with E-state index >= 15 is 0 Å². The molecule has 11 heteroatoms. The Morgan fingerprint density at radius 3 is 2.56 bits per heavy atom. The molecule has 1 N–H and O–H groups in total. The van der Waals surface area contributed by atoms with Gasteiger partial charge in [-0.3, -0.25) is 4.79 Å². The lowest BCUT2D eigenvalue weighted by Gasteiger charge is -2.38. The third-order valence-electron chi connectivity index (χ3n) is 7.69. The molecule has 0 radical (unpaired) electrons. The Hall–Kier alpha value is -2.82. The Bertz CT molecular complexity index is 1090. The van der Waals surface area contributed by atoms with Crippen molar-refractivity contribution in [3.05, 3.63) is 35.6 Å². The molecule has 2 unspecified atom stereocenters. The van der Waals surface area contributed by atoms with Crippen LogP contribution >= 0.6 is 11.6 Å². The van der Waals surface area contributed by atoms with E-state index in [9.17, 15) is 9.90 Å². The molecule has 0 amide bonds. The first-order valence-electron chi connectivity index (χ1n) is 13.5. The Labute approximate surface area is 235 Å². The van der Waals surface area contributed by atoms with Gasteiger partial charge in [-0.2, -0.15) is 0 Å². The van der Waals surface area contributed by atoms with Crippen molar-refractivity contribution < 1.29 is 28.8 Å². The van der Waals surface area contributed by atoms with Gasteiger partial charge in [0, 0.05) is 76.4 Å². The maximum absolute atomic E-state index is 11.6. The summed E-state index contributed by atoms with van der Waals surface area (Å²) in [6.07, 6.45) is 5.01. The van der Waals surface area contributed by atoms with Crippen molar-refractivity contribution in [1.29, 1.82) is 0 Å². The first-order chi connectivity index (χ1) is 18.8. The monoisotopic (exact) mass is 562 g/mol. The molecule has 4 rings (SSSR count). The number of anilines is 2. The third kappa shape index (κ3) is 7.23. The van der Waals surface area contributed by atoms with Gasteiger partial charge in [0.15, 0.2) is 0 Å². The standard InChI is InChI=1S/C28H39ClN4O6/c1-18-16-32(23-12-27(37-4)31-15-21(23)29)9-8-24(18)39-26-7-6-20(14-30-26)33-17-25(38-11-5-10-36-3)19(2)22(33)13-28(34)35/h6-7,12,14-15,18-19,22,24-25H,5,8-11,13,16-17H2,1-4H3,(H,34,35)/t18?,19-,22-,24?,25-/m0/s1. The maximum Gasteiger partial charge on any atom is 0.305 e. The molecule has 214 valence electrons. The summed E-state index contributed by atoms with van der Waals surface area (Å²) >= 11 is 6.41. The number of aliphatic carboxylic acids is 1. The average molecular weight is 563 g/mol. The predicted molar refractivity (Wildman–Crippen MR) is 149 cm³/mol. The SMILES string of the molecule is COCCCO[C@H]1CN(c2ccc(OC3CCN(c4cc(OC)ncc4Cl)CC3C)nc2)[C@@H](CC(=O)O)[C@@H]1C. The van der Waals surface area contributed by atoms with E-state index in [0.29, 0.717) is 36.5 Å². The van der Waals surface area contributed by atoms with Gasteiger partial charge in [-0.1, -0.05) is 25.4 Å². The minimum absolute atomic E-state index is 0.0126. The van der Waals surface area contributed by atoms with Crippen molar-refractivity contribution in [2.75, 3.05) is 56.9 Å². The number of pyridine rings is 2. The summed E-state index contributed by atoms with van der Waals surface area (Å²) in [5.74, 6) is 0.579. The van der Waals surface area contributed by atoms with Crippen LogP contribution in [0.3, 0.4) is 0 Å². The number of carboxylic acid groups (broad SMARTS) is 1. The number of carbonyl (C=O) groups is 1. The number of hydrogen-bond donors (Lipinski definition) is 1. The van der Waals surface area contributed by atoms with Crippen LogP contribution in [-0.4, -0.2) is 86.4 Å². The summed E-state index contributed by atoms with van der Waals surface area (Å²) in [4.78, 5) is 24.7. The Balaban J connectivity index is 1.37. The first-order valence-corrected chi connectivity index (χ1v) is 13.8. The van der Waals surface area contributed by atoms with Crippen LogP contribution in [0.15, 0.2) is 30.6 Å². The van der Waals surface area contributed by atoms with Crippen LogP contribution in [0.1, 0.15) is 33.1 Å². The van der Waals surface area contributed by atoms with Gasteiger partial charge >= 0.3 is 5.97 Å². The summed E-state index contributed by atoms with van der Waals surface area (Å²) in [5, 5.41) is 10.1. The highest BCUT2D eigenvalue weighted by atomic mass is 35.5. The molecule has 0 aromatic carbocycles. The fourth-order valence-corrected chi connectivity index (χ4v) is 5.71. The van der Waals surface area contributed by atoms with Crippen molar-refractivity contribution >= 4 is 28.9 Å². The average Bonchev–Trinajstić information content (AvgIpc) is 3.22. The summed E-state index contributed by atoms with van der Waals surface area (Å²) in [6.45, 7) is 7.62. The van der Waals surface area contributed by atoms with Crippen LogP contribution in [0.2, 0.25) is 5.02 Å². The molecule has 2 saturated heterocycles. The highest BCUT2D eigenvalue weighted by molar-refractivity contribution is 6.33. The van der Waals surface area contributed by atoms with E-state index in [4.69, 9.17) is 30.5 Å². The van der Waals surface area contributed by atoms with Gasteiger partial charge in [0.2, 0.25) is 11.8 Å². The second-order valence-corrected chi connectivity index (χ2v) is 10.7. The summed E-state index contributed by atoms with van der Waals surface area (Å²) in [7, 11) is 3.26. The Morgan fingerprint density at radius 1 is 1.10 bits per heavy atom. The van der Waals surface area contributed by atoms with Crippen molar-refractivity contribution in [3.8, 4) is 11.8 Å². The number of ether oxygens (including phenoxy) is 4. The first kappa shape index (κ1) is 29.2. The van der Waals surface area contributed by atoms with Crippen molar-refractivity contribution in [2.24, 2.45) is 11.8 Å². The fraction of sp³-hybridized carbons (Fsp3) is 0.607. The lowest BCUT2D eigenvalue weighted by molar-refractivity contribution is -0.137. The normalized spacial score (nSPS) is 25.1. The molecule has 5 atom stereocenters. The van der Waals surface area contributed by atoms with E-state index in [0.717, 1.165) is 37.3 Å². The quantitative estimate of drug-likeness (QED) is 0.379. The minimum Gasteiger partial charge on any atom is -0.481 e. The van der Waals surface area contributed by atoms with Gasteiger partial charge in [0.05, 0.1) is 48.4 Å². The van der Waals surface area contributed by atoms with Gasteiger partial charge in [-0.25, -0.2) is 9.97 Å². The molecule has 0 spiro atoms. The fourth-order valence-electron chi connectivity index (χ4n) is 5.49. The predicted octanol–water partition coefficient (Wildman–Crippen LogP) is 4.15. The number of piperidine rings is 1. The number of carboxylic acids is 1. The van der Waals surface area contributed by atoms with Crippen LogP contribution in [0.25, 0.3) is 0 Å². The van der Waals surface area contributed by atoms with Gasteiger partial charge in [0.25, 0.3) is 0 Å². The third-order valence-corrected chi connectivity index (χ3v) is 7.98. The molecule has 0 aliphatic carbocycles. The summed E-state index contributed by atoms with van der Waals surface area (Å²) in [5.41, 5.74) is 1.78. The van der Waals surface area contributed by atoms with Gasteiger partial charge in [0.1, 0.15) is 6.10 Å². The van der Waals surface area contributed by atoms with Gasteiger partial charge in [-0.15, -0.1) is 0 Å². The number of aromatic nitrogens is 2. The molecule has 39 heavy (non-hydrogen) atoms. The molecule has 0 saturated carbocycles. The zero-order valence-corrected chi connectivity index (χ0v) is 23.8. The van der Waals surface area contributed by atoms with Crippen LogP contribution in [0.5, 0.6) is 11.8 Å². The summed E-state index contributed by atoms with van der Waals surface area (Å²) in [6, 6.07) is 5.52. The van der Waals surface area contributed by atoms with Crippen molar-refractivity contribution in [2.45, 2.75) is 51.4 Å². The van der Waals surface area contributed by atoms with E-state index in [-0.39, 0.29) is 36.5 Å². The number of nitrogens with zero attached hydrogens (tertiary/aromatic N) is 4. The van der Waals surface area contributed by atoms with Crippen LogP contribution < -0.4 is 19.3 Å². The van der Waals surface area contributed by atoms with Gasteiger partial charge < -0.3 is 33.9 Å². The Morgan fingerprint density at radius 2 is 1.90 bits per heavy atom.